The smallest absolute Gasteiger partial charge is 0.228 e. The van der Waals surface area contributed by atoms with Gasteiger partial charge in [0.25, 0.3) is 0 Å². The first kappa shape index (κ1) is 28.5. The van der Waals surface area contributed by atoms with E-state index in [2.05, 4.69) is 69.4 Å². The van der Waals surface area contributed by atoms with Gasteiger partial charge >= 0.3 is 0 Å². The van der Waals surface area contributed by atoms with Gasteiger partial charge < -0.3 is 9.80 Å². The number of hydrogen-bond donors (Lipinski definition) is 0. The van der Waals surface area contributed by atoms with Gasteiger partial charge in [-0.05, 0) is 102 Å². The second-order valence-electron chi connectivity index (χ2n) is 14.3. The van der Waals surface area contributed by atoms with E-state index in [4.69, 9.17) is 0 Å². The Labute approximate surface area is 245 Å². The number of aromatic nitrogens is 4. The molecule has 0 radical (unpaired) electrons. The molecule has 4 saturated carbocycles. The number of nitrogens with zero attached hydrogens (tertiary/aromatic N) is 6. The summed E-state index contributed by atoms with van der Waals surface area (Å²) < 4.78 is 4.27. The topological polar surface area (TPSA) is 76.3 Å². The van der Waals surface area contributed by atoms with Crippen LogP contribution in [0, 0.1) is 17.3 Å². The Morgan fingerprint density at radius 1 is 0.805 bits per heavy atom. The standard InChI is InChI=1S/C17H25N3O.C16H25N3O/c1-3-13-11-18-20(12-13)16(2)4-6-19(7-5-16)15(21)17-8-14(9-17)10-17;1-3-4-13-11-17-19(12-13)16(2)7-9-18(10-8-16)15(20)14-5-6-14/h11-12,14H,3-10H2,1-2H3;11-12,14H,3-10H2,1-2H3. The molecule has 0 atom stereocenters. The van der Waals surface area contributed by atoms with E-state index in [-0.39, 0.29) is 16.5 Å². The van der Waals surface area contributed by atoms with Gasteiger partial charge in [0.2, 0.25) is 11.8 Å². The van der Waals surface area contributed by atoms with Gasteiger partial charge in [0, 0.05) is 44.5 Å². The molecule has 2 aromatic rings. The Bertz CT molecular complexity index is 1220. The number of piperidine rings is 2. The zero-order chi connectivity index (χ0) is 28.8. The molecule has 8 rings (SSSR count). The molecule has 4 aliphatic carbocycles. The molecule has 6 fully saturated rings. The average molecular weight is 563 g/mol. The average Bonchev–Trinajstić information content (AvgIpc) is 3.44. The highest BCUT2D eigenvalue weighted by molar-refractivity contribution is 5.86. The highest BCUT2D eigenvalue weighted by atomic mass is 16.2. The molecule has 2 saturated heterocycles. The summed E-state index contributed by atoms with van der Waals surface area (Å²) in [5.74, 6) is 2.06. The summed E-state index contributed by atoms with van der Waals surface area (Å²) in [6.07, 6.45) is 21.4. The van der Waals surface area contributed by atoms with Crippen LogP contribution in [0.15, 0.2) is 24.8 Å². The van der Waals surface area contributed by atoms with Crippen LogP contribution < -0.4 is 0 Å². The maximum atomic E-state index is 12.6. The molecule has 0 N–H and O–H groups in total. The summed E-state index contributed by atoms with van der Waals surface area (Å²) >= 11 is 0. The summed E-state index contributed by atoms with van der Waals surface area (Å²) in [6, 6.07) is 0. The molecular weight excluding hydrogens is 512 g/mol. The van der Waals surface area contributed by atoms with Crippen LogP contribution in [0.25, 0.3) is 0 Å². The van der Waals surface area contributed by atoms with Gasteiger partial charge in [-0.1, -0.05) is 20.3 Å². The summed E-state index contributed by atoms with van der Waals surface area (Å²) in [5.41, 5.74) is 2.85. The highest BCUT2D eigenvalue weighted by Crippen LogP contribution is 2.65. The van der Waals surface area contributed by atoms with Crippen molar-refractivity contribution >= 4 is 11.8 Å². The van der Waals surface area contributed by atoms with Crippen molar-refractivity contribution in [2.45, 2.75) is 116 Å². The second-order valence-corrected chi connectivity index (χ2v) is 14.3. The number of rotatable bonds is 7. The largest absolute Gasteiger partial charge is 0.342 e. The van der Waals surface area contributed by atoms with Gasteiger partial charge in [-0.15, -0.1) is 0 Å². The maximum absolute atomic E-state index is 12.6. The van der Waals surface area contributed by atoms with E-state index in [1.165, 1.54) is 30.4 Å². The van der Waals surface area contributed by atoms with Gasteiger partial charge in [-0.25, -0.2) is 0 Å². The number of carbonyl (C=O) groups excluding carboxylic acids is 2. The Kier molecular flexibility index (Phi) is 7.56. The van der Waals surface area contributed by atoms with E-state index in [0.717, 1.165) is 89.9 Å². The fourth-order valence-electron chi connectivity index (χ4n) is 7.43. The third kappa shape index (κ3) is 5.48. The summed E-state index contributed by atoms with van der Waals surface area (Å²) in [4.78, 5) is 28.9. The van der Waals surface area contributed by atoms with Crippen LogP contribution in [0.3, 0.4) is 0 Å². The third-order valence-corrected chi connectivity index (χ3v) is 11.0. The highest BCUT2D eigenvalue weighted by Gasteiger charge is 2.62. The van der Waals surface area contributed by atoms with Crippen molar-refractivity contribution in [1.29, 1.82) is 0 Å². The van der Waals surface area contributed by atoms with Gasteiger partial charge in [0.05, 0.1) is 28.9 Å². The van der Waals surface area contributed by atoms with E-state index >= 15 is 0 Å². The van der Waals surface area contributed by atoms with Gasteiger partial charge in [-0.2, -0.15) is 10.2 Å². The lowest BCUT2D eigenvalue weighted by atomic mass is 9.44. The lowest BCUT2D eigenvalue weighted by Crippen LogP contribution is -2.62. The first-order chi connectivity index (χ1) is 19.7. The van der Waals surface area contributed by atoms with Crippen LogP contribution >= 0.6 is 0 Å². The molecule has 0 aromatic carbocycles. The lowest BCUT2D eigenvalue weighted by molar-refractivity contribution is -0.178. The maximum Gasteiger partial charge on any atom is 0.228 e. The fraction of sp³-hybridized carbons (Fsp3) is 0.758. The first-order valence-electron chi connectivity index (χ1n) is 16.3. The molecule has 41 heavy (non-hydrogen) atoms. The minimum absolute atomic E-state index is 0.0730. The van der Waals surface area contributed by atoms with E-state index in [9.17, 15) is 9.59 Å². The van der Waals surface area contributed by atoms with Gasteiger partial charge in [-0.3, -0.25) is 19.0 Å². The van der Waals surface area contributed by atoms with E-state index in [0.29, 0.717) is 17.7 Å². The van der Waals surface area contributed by atoms with Crippen LogP contribution in [0.4, 0.5) is 0 Å². The fourth-order valence-corrected chi connectivity index (χ4v) is 7.43. The zero-order valence-corrected chi connectivity index (χ0v) is 25.8. The van der Waals surface area contributed by atoms with Crippen molar-refractivity contribution in [2.24, 2.45) is 17.3 Å². The molecule has 0 unspecified atom stereocenters. The SMILES string of the molecule is CCCc1cnn(C2(C)CCN(C(=O)C3CC3)CC2)c1.CCc1cnn(C2(C)CCN(C(=O)C34CC(C3)C4)CC2)c1. The minimum atomic E-state index is 0.0730. The number of hydrogen-bond acceptors (Lipinski definition) is 4. The second kappa shape index (κ2) is 10.9. The van der Waals surface area contributed by atoms with Crippen molar-refractivity contribution in [3.63, 3.8) is 0 Å². The van der Waals surface area contributed by atoms with Crippen LogP contribution in [-0.4, -0.2) is 67.4 Å². The van der Waals surface area contributed by atoms with Crippen LogP contribution in [0.2, 0.25) is 0 Å². The summed E-state index contributed by atoms with van der Waals surface area (Å²) in [5, 5.41) is 9.11. The molecule has 0 spiro atoms. The lowest BCUT2D eigenvalue weighted by Gasteiger charge is -2.61. The number of carbonyl (C=O) groups is 2. The van der Waals surface area contributed by atoms with E-state index in [1.807, 2.05) is 12.4 Å². The Hall–Kier alpha value is -2.64. The molecule has 2 amide bonds. The van der Waals surface area contributed by atoms with Gasteiger partial charge in [0.1, 0.15) is 0 Å². The first-order valence-corrected chi connectivity index (χ1v) is 16.3. The van der Waals surface area contributed by atoms with Crippen molar-refractivity contribution < 1.29 is 9.59 Å². The molecular formula is C33H50N6O2. The molecule has 2 aliphatic heterocycles. The zero-order valence-electron chi connectivity index (χ0n) is 25.8. The number of amides is 2. The third-order valence-electron chi connectivity index (χ3n) is 11.0. The van der Waals surface area contributed by atoms with Crippen LogP contribution in [0.5, 0.6) is 0 Å². The quantitative estimate of drug-likeness (QED) is 0.467. The van der Waals surface area contributed by atoms with Crippen molar-refractivity contribution in [2.75, 3.05) is 26.2 Å². The summed E-state index contributed by atoms with van der Waals surface area (Å²) in [6.45, 7) is 12.5. The Balaban J connectivity index is 0.000000148. The predicted octanol–water partition coefficient (Wildman–Crippen LogP) is 5.17. The monoisotopic (exact) mass is 562 g/mol. The number of likely N-dealkylation sites (tertiary alicyclic amines) is 2. The van der Waals surface area contributed by atoms with Crippen molar-refractivity contribution in [1.82, 2.24) is 29.4 Å². The molecule has 4 heterocycles. The normalized spacial score (nSPS) is 27.8. The van der Waals surface area contributed by atoms with Gasteiger partial charge in [0.15, 0.2) is 0 Å². The Morgan fingerprint density at radius 2 is 1.32 bits per heavy atom. The van der Waals surface area contributed by atoms with Crippen LogP contribution in [-0.2, 0) is 33.5 Å². The van der Waals surface area contributed by atoms with E-state index < -0.39 is 0 Å². The minimum Gasteiger partial charge on any atom is -0.342 e. The number of aryl methyl sites for hydroxylation is 2. The Morgan fingerprint density at radius 3 is 1.76 bits per heavy atom. The molecule has 6 aliphatic rings. The predicted molar refractivity (Wildman–Crippen MR) is 159 cm³/mol. The van der Waals surface area contributed by atoms with Crippen molar-refractivity contribution in [3.8, 4) is 0 Å². The van der Waals surface area contributed by atoms with E-state index in [1.54, 1.807) is 0 Å². The molecule has 2 bridgehead atoms. The van der Waals surface area contributed by atoms with Crippen LogP contribution in [0.1, 0.15) is 103 Å². The molecule has 8 nitrogen and oxygen atoms in total. The molecule has 224 valence electrons. The summed E-state index contributed by atoms with van der Waals surface area (Å²) in [7, 11) is 0. The van der Waals surface area contributed by atoms with Crippen molar-refractivity contribution in [3.05, 3.63) is 35.9 Å². The molecule has 2 aromatic heterocycles. The molecule has 8 heteroatoms.